The second-order valence-electron chi connectivity index (χ2n) is 4.54. The predicted molar refractivity (Wildman–Crippen MR) is 71.1 cm³/mol. The largest absolute Gasteiger partial charge is 0.573 e. The summed E-state index contributed by atoms with van der Waals surface area (Å²) in [5.74, 6) is -2.69. The van der Waals surface area contributed by atoms with E-state index in [1.807, 2.05) is 0 Å². The van der Waals surface area contributed by atoms with Gasteiger partial charge < -0.3 is 14.9 Å². The van der Waals surface area contributed by atoms with Crippen LogP contribution in [0.15, 0.2) is 42.5 Å². The summed E-state index contributed by atoms with van der Waals surface area (Å²) in [5, 5.41) is 18.5. The van der Waals surface area contributed by atoms with E-state index in [2.05, 4.69) is 4.74 Å². The number of aliphatic hydroxyl groups excluding tert-OH is 1. The fourth-order valence-corrected chi connectivity index (χ4v) is 1.99. The average Bonchev–Trinajstić information content (AvgIpc) is 2.45. The molecule has 2 N–H and O–H groups in total. The van der Waals surface area contributed by atoms with E-state index < -0.39 is 30.0 Å². The molecule has 23 heavy (non-hydrogen) atoms. The Morgan fingerprint density at radius 1 is 1.09 bits per heavy atom. The van der Waals surface area contributed by atoms with Crippen molar-refractivity contribution in [2.45, 2.75) is 12.5 Å². The summed E-state index contributed by atoms with van der Waals surface area (Å²) >= 11 is 0. The van der Waals surface area contributed by atoms with Crippen molar-refractivity contribution in [2.75, 3.05) is 0 Å². The monoisotopic (exact) mass is 330 g/mol. The van der Waals surface area contributed by atoms with Crippen molar-refractivity contribution in [3.05, 3.63) is 53.8 Å². The zero-order chi connectivity index (χ0) is 17.2. The van der Waals surface area contributed by atoms with Gasteiger partial charge in [0.1, 0.15) is 11.6 Å². The summed E-state index contributed by atoms with van der Waals surface area (Å²) in [6, 6.07) is 7.48. The molecule has 0 aliphatic carbocycles. The number of aliphatic carboxylic acids is 1. The first-order valence-corrected chi connectivity index (χ1v) is 6.24. The topological polar surface area (TPSA) is 66.8 Å². The summed E-state index contributed by atoms with van der Waals surface area (Å²) in [6.45, 7) is 0. The molecule has 2 rings (SSSR count). The highest BCUT2D eigenvalue weighted by Crippen LogP contribution is 2.31. The molecule has 0 fully saturated rings. The third-order valence-electron chi connectivity index (χ3n) is 2.94. The molecular formula is C15H10F4O4. The Labute approximate surface area is 127 Å². The maximum atomic E-state index is 13.4. The van der Waals surface area contributed by atoms with Crippen LogP contribution in [0.2, 0.25) is 0 Å². The number of carbonyl (C=O) groups is 1. The third kappa shape index (κ3) is 4.19. The summed E-state index contributed by atoms with van der Waals surface area (Å²) in [7, 11) is 0. The van der Waals surface area contributed by atoms with E-state index in [9.17, 15) is 27.5 Å². The lowest BCUT2D eigenvalue weighted by Gasteiger charge is -2.14. The SMILES string of the molecule is O=C(O)C(O)c1ccc(F)cc1-c1ccc(OC(F)(F)F)cc1. The summed E-state index contributed by atoms with van der Waals surface area (Å²) in [5.41, 5.74) is 0.205. The smallest absolute Gasteiger partial charge is 0.479 e. The number of carboxylic acid groups (broad SMARTS) is 1. The number of hydrogen-bond donors (Lipinski definition) is 2. The van der Waals surface area contributed by atoms with Crippen LogP contribution in [0.25, 0.3) is 11.1 Å². The normalized spacial score (nSPS) is 12.7. The second kappa shape index (κ2) is 6.25. The van der Waals surface area contributed by atoms with Crippen LogP contribution in [-0.4, -0.2) is 22.5 Å². The van der Waals surface area contributed by atoms with E-state index >= 15 is 0 Å². The molecule has 0 heterocycles. The number of halogens is 4. The molecule has 0 aliphatic heterocycles. The highest BCUT2D eigenvalue weighted by Gasteiger charge is 2.31. The van der Waals surface area contributed by atoms with E-state index in [4.69, 9.17) is 5.11 Å². The highest BCUT2D eigenvalue weighted by molar-refractivity contribution is 5.79. The van der Waals surface area contributed by atoms with Gasteiger partial charge in [0.05, 0.1) is 0 Å². The van der Waals surface area contributed by atoms with E-state index in [0.717, 1.165) is 30.3 Å². The van der Waals surface area contributed by atoms with Crippen LogP contribution < -0.4 is 4.74 Å². The van der Waals surface area contributed by atoms with Crippen LogP contribution in [0.3, 0.4) is 0 Å². The first-order valence-electron chi connectivity index (χ1n) is 6.24. The first kappa shape index (κ1) is 16.8. The van der Waals surface area contributed by atoms with Crippen molar-refractivity contribution in [2.24, 2.45) is 0 Å². The number of carboxylic acids is 1. The van der Waals surface area contributed by atoms with Crippen LogP contribution in [0.5, 0.6) is 5.75 Å². The van der Waals surface area contributed by atoms with Gasteiger partial charge >= 0.3 is 12.3 Å². The van der Waals surface area contributed by atoms with Gasteiger partial charge in [0, 0.05) is 0 Å². The molecule has 122 valence electrons. The lowest BCUT2D eigenvalue weighted by Crippen LogP contribution is -2.17. The zero-order valence-electron chi connectivity index (χ0n) is 11.3. The lowest BCUT2D eigenvalue weighted by atomic mass is 9.96. The number of aliphatic hydroxyl groups is 1. The van der Waals surface area contributed by atoms with Crippen molar-refractivity contribution in [3.63, 3.8) is 0 Å². The molecular weight excluding hydrogens is 320 g/mol. The van der Waals surface area contributed by atoms with Crippen molar-refractivity contribution >= 4 is 5.97 Å². The minimum absolute atomic E-state index is 0.0541. The van der Waals surface area contributed by atoms with Gasteiger partial charge in [-0.1, -0.05) is 18.2 Å². The van der Waals surface area contributed by atoms with Crippen molar-refractivity contribution in [1.29, 1.82) is 0 Å². The summed E-state index contributed by atoms with van der Waals surface area (Å²) in [6.07, 6.45) is -6.73. The molecule has 2 aromatic carbocycles. The summed E-state index contributed by atoms with van der Waals surface area (Å²) in [4.78, 5) is 10.9. The zero-order valence-corrected chi connectivity index (χ0v) is 11.3. The Morgan fingerprint density at radius 3 is 2.22 bits per heavy atom. The van der Waals surface area contributed by atoms with E-state index in [1.165, 1.54) is 12.1 Å². The number of rotatable bonds is 4. The van der Waals surface area contributed by atoms with Gasteiger partial charge in [0.15, 0.2) is 6.10 Å². The Morgan fingerprint density at radius 2 is 1.70 bits per heavy atom. The molecule has 1 unspecified atom stereocenters. The van der Waals surface area contributed by atoms with Crippen LogP contribution in [-0.2, 0) is 4.79 Å². The minimum atomic E-state index is -4.84. The van der Waals surface area contributed by atoms with E-state index in [0.29, 0.717) is 0 Å². The van der Waals surface area contributed by atoms with Gasteiger partial charge in [0.25, 0.3) is 0 Å². The first-order chi connectivity index (χ1) is 10.7. The van der Waals surface area contributed by atoms with Crippen LogP contribution in [0.1, 0.15) is 11.7 Å². The Kier molecular flexibility index (Phi) is 4.55. The minimum Gasteiger partial charge on any atom is -0.479 e. The molecule has 0 aliphatic rings. The molecule has 1 atom stereocenters. The quantitative estimate of drug-likeness (QED) is 0.842. The molecule has 0 saturated carbocycles. The second-order valence-corrected chi connectivity index (χ2v) is 4.54. The highest BCUT2D eigenvalue weighted by atomic mass is 19.4. The molecule has 0 spiro atoms. The van der Waals surface area contributed by atoms with Crippen LogP contribution >= 0.6 is 0 Å². The van der Waals surface area contributed by atoms with Gasteiger partial charge in [-0.3, -0.25) is 0 Å². The van der Waals surface area contributed by atoms with Gasteiger partial charge in [-0.05, 0) is 41.0 Å². The van der Waals surface area contributed by atoms with Crippen molar-refractivity contribution < 1.29 is 37.3 Å². The van der Waals surface area contributed by atoms with Crippen LogP contribution in [0, 0.1) is 5.82 Å². The Balaban J connectivity index is 2.41. The van der Waals surface area contributed by atoms with Gasteiger partial charge in [-0.15, -0.1) is 13.2 Å². The molecule has 0 radical (unpaired) electrons. The number of ether oxygens (including phenoxy) is 1. The fraction of sp³-hybridized carbons (Fsp3) is 0.133. The van der Waals surface area contributed by atoms with Crippen LogP contribution in [0.4, 0.5) is 17.6 Å². The molecule has 4 nitrogen and oxygen atoms in total. The average molecular weight is 330 g/mol. The number of alkyl halides is 3. The maximum absolute atomic E-state index is 13.4. The maximum Gasteiger partial charge on any atom is 0.573 e. The van der Waals surface area contributed by atoms with E-state index in [-0.39, 0.29) is 16.7 Å². The predicted octanol–water partition coefficient (Wildman–Crippen LogP) is 3.51. The van der Waals surface area contributed by atoms with Gasteiger partial charge in [0.2, 0.25) is 0 Å². The molecule has 8 heteroatoms. The van der Waals surface area contributed by atoms with Gasteiger partial charge in [-0.25, -0.2) is 9.18 Å². The standard InChI is InChI=1S/C15H10F4O4/c16-9-3-6-11(13(20)14(21)22)12(7-9)8-1-4-10(5-2-8)23-15(17,18)19/h1-7,13,20H,(H,21,22). The number of hydrogen-bond acceptors (Lipinski definition) is 3. The lowest BCUT2D eigenvalue weighted by molar-refractivity contribution is -0.274. The Bertz CT molecular complexity index is 710. The van der Waals surface area contributed by atoms with Crippen molar-refractivity contribution in [3.8, 4) is 16.9 Å². The van der Waals surface area contributed by atoms with Gasteiger partial charge in [-0.2, -0.15) is 0 Å². The Hall–Kier alpha value is -2.61. The fourth-order valence-electron chi connectivity index (χ4n) is 1.99. The van der Waals surface area contributed by atoms with Crippen molar-refractivity contribution in [1.82, 2.24) is 0 Å². The summed E-state index contributed by atoms with van der Waals surface area (Å²) < 4.78 is 53.4. The molecule has 0 bridgehead atoms. The molecule has 2 aromatic rings. The van der Waals surface area contributed by atoms with E-state index in [1.54, 1.807) is 0 Å². The number of benzene rings is 2. The third-order valence-corrected chi connectivity index (χ3v) is 2.94. The molecule has 0 aromatic heterocycles. The molecule has 0 amide bonds. The molecule has 0 saturated heterocycles.